The van der Waals surface area contributed by atoms with Gasteiger partial charge in [-0.2, -0.15) is 5.26 Å². The molecule has 1 saturated carbocycles. The average molecular weight is 342 g/mol. The molecular weight excluding hydrogens is 316 g/mol. The van der Waals surface area contributed by atoms with Crippen LogP contribution in [0.15, 0.2) is 24.3 Å². The third-order valence-corrected chi connectivity index (χ3v) is 5.25. The largest absolute Gasteiger partial charge is 0.490 e. The third-order valence-electron chi connectivity index (χ3n) is 5.25. The van der Waals surface area contributed by atoms with Crippen molar-refractivity contribution in [1.29, 1.82) is 5.26 Å². The van der Waals surface area contributed by atoms with Gasteiger partial charge in [-0.3, -0.25) is 4.79 Å². The normalized spacial score (nSPS) is 20.1. The lowest BCUT2D eigenvalue weighted by atomic mass is 9.85. The molecule has 1 amide bonds. The Bertz CT molecular complexity index is 639. The highest BCUT2D eigenvalue weighted by Crippen LogP contribution is 2.40. The summed E-state index contributed by atoms with van der Waals surface area (Å²) < 4.78 is 11.7. The van der Waals surface area contributed by atoms with Crippen molar-refractivity contribution in [3.05, 3.63) is 24.3 Å². The summed E-state index contributed by atoms with van der Waals surface area (Å²) in [6.07, 6.45) is 5.02. The summed E-state index contributed by atoms with van der Waals surface area (Å²) in [7, 11) is 0. The van der Waals surface area contributed by atoms with E-state index < -0.39 is 5.41 Å². The van der Waals surface area contributed by atoms with Crippen molar-refractivity contribution in [1.82, 2.24) is 4.90 Å². The fourth-order valence-electron chi connectivity index (χ4n) is 3.83. The van der Waals surface area contributed by atoms with Crippen molar-refractivity contribution in [3.63, 3.8) is 0 Å². The maximum atomic E-state index is 12.8. The standard InChI is InChI=1S/C20H26N2O3/c1-2-24-17-7-3-4-8-18(17)25-16-9-13-22(14-10-16)19(23)20(15-21)11-5-6-12-20/h3-4,7-8,16H,2,5-6,9-14H2,1H3. The Balaban J connectivity index is 1.57. The maximum absolute atomic E-state index is 12.8. The molecule has 1 aliphatic carbocycles. The summed E-state index contributed by atoms with van der Waals surface area (Å²) in [5, 5.41) is 9.51. The topological polar surface area (TPSA) is 62.6 Å². The van der Waals surface area contributed by atoms with Crippen molar-refractivity contribution in [2.24, 2.45) is 5.41 Å². The molecule has 1 saturated heterocycles. The van der Waals surface area contributed by atoms with Gasteiger partial charge in [0.15, 0.2) is 11.5 Å². The molecule has 134 valence electrons. The second-order valence-electron chi connectivity index (χ2n) is 6.89. The van der Waals surface area contributed by atoms with E-state index in [0.29, 0.717) is 32.5 Å². The lowest BCUT2D eigenvalue weighted by Crippen LogP contribution is -2.47. The molecule has 0 N–H and O–H groups in total. The summed E-state index contributed by atoms with van der Waals surface area (Å²) in [6, 6.07) is 10.0. The molecule has 2 aliphatic rings. The van der Waals surface area contributed by atoms with Crippen LogP contribution in [0.5, 0.6) is 11.5 Å². The molecule has 5 heteroatoms. The summed E-state index contributed by atoms with van der Waals surface area (Å²) in [5.74, 6) is 1.55. The highest BCUT2D eigenvalue weighted by atomic mass is 16.5. The number of carbonyl (C=O) groups excluding carboxylic acids is 1. The molecule has 2 fully saturated rings. The Morgan fingerprint density at radius 1 is 1.24 bits per heavy atom. The van der Waals surface area contributed by atoms with Gasteiger partial charge in [0.1, 0.15) is 11.5 Å². The van der Waals surface area contributed by atoms with E-state index in [0.717, 1.165) is 37.2 Å². The van der Waals surface area contributed by atoms with Crippen molar-refractivity contribution in [2.45, 2.75) is 51.6 Å². The number of ether oxygens (including phenoxy) is 2. The lowest BCUT2D eigenvalue weighted by Gasteiger charge is -2.36. The van der Waals surface area contributed by atoms with Crippen LogP contribution in [0.4, 0.5) is 0 Å². The highest BCUT2D eigenvalue weighted by Gasteiger charge is 2.44. The first-order chi connectivity index (χ1) is 12.2. The van der Waals surface area contributed by atoms with Crippen LogP contribution in [0.2, 0.25) is 0 Å². The first-order valence-corrected chi connectivity index (χ1v) is 9.27. The Hall–Kier alpha value is -2.22. The molecule has 25 heavy (non-hydrogen) atoms. The van der Waals surface area contributed by atoms with Crippen molar-refractivity contribution < 1.29 is 14.3 Å². The monoisotopic (exact) mass is 342 g/mol. The number of hydrogen-bond donors (Lipinski definition) is 0. The van der Waals surface area contributed by atoms with E-state index in [1.54, 1.807) is 0 Å². The predicted molar refractivity (Wildman–Crippen MR) is 94.4 cm³/mol. The smallest absolute Gasteiger partial charge is 0.243 e. The zero-order chi connectivity index (χ0) is 17.7. The SMILES string of the molecule is CCOc1ccccc1OC1CCN(C(=O)C2(C#N)CCCC2)CC1. The van der Waals surface area contributed by atoms with E-state index in [1.165, 1.54) is 0 Å². The van der Waals surface area contributed by atoms with Crippen molar-refractivity contribution in [3.8, 4) is 17.6 Å². The van der Waals surface area contributed by atoms with Crippen LogP contribution in [0.25, 0.3) is 0 Å². The van der Waals surface area contributed by atoms with Crippen LogP contribution in [0.3, 0.4) is 0 Å². The van der Waals surface area contributed by atoms with Gasteiger partial charge in [0.2, 0.25) is 5.91 Å². The molecule has 1 aromatic carbocycles. The molecule has 0 unspecified atom stereocenters. The van der Waals surface area contributed by atoms with E-state index in [2.05, 4.69) is 6.07 Å². The van der Waals surface area contributed by atoms with Gasteiger partial charge in [-0.05, 0) is 31.9 Å². The second-order valence-corrected chi connectivity index (χ2v) is 6.89. The minimum absolute atomic E-state index is 0.0284. The van der Waals surface area contributed by atoms with Crippen LogP contribution < -0.4 is 9.47 Å². The van der Waals surface area contributed by atoms with Gasteiger partial charge in [0.05, 0.1) is 12.7 Å². The van der Waals surface area contributed by atoms with Gasteiger partial charge < -0.3 is 14.4 Å². The van der Waals surface area contributed by atoms with Crippen molar-refractivity contribution >= 4 is 5.91 Å². The Morgan fingerprint density at radius 2 is 1.88 bits per heavy atom. The number of para-hydroxylation sites is 2. The third kappa shape index (κ3) is 3.73. The molecule has 5 nitrogen and oxygen atoms in total. The average Bonchev–Trinajstić information content (AvgIpc) is 3.14. The number of benzene rings is 1. The number of rotatable bonds is 5. The van der Waals surface area contributed by atoms with Crippen LogP contribution >= 0.6 is 0 Å². The molecular formula is C20H26N2O3. The fraction of sp³-hybridized carbons (Fsp3) is 0.600. The highest BCUT2D eigenvalue weighted by molar-refractivity contribution is 5.85. The van der Waals surface area contributed by atoms with Gasteiger partial charge in [0, 0.05) is 25.9 Å². The summed E-state index contributed by atoms with van der Waals surface area (Å²) >= 11 is 0. The number of likely N-dealkylation sites (tertiary alicyclic amines) is 1. The number of hydrogen-bond acceptors (Lipinski definition) is 4. The van der Waals surface area contributed by atoms with Gasteiger partial charge >= 0.3 is 0 Å². The maximum Gasteiger partial charge on any atom is 0.243 e. The molecule has 0 spiro atoms. The Morgan fingerprint density at radius 3 is 2.48 bits per heavy atom. The second kappa shape index (κ2) is 7.77. The first-order valence-electron chi connectivity index (χ1n) is 9.27. The zero-order valence-electron chi connectivity index (χ0n) is 14.9. The molecule has 0 aromatic heterocycles. The summed E-state index contributed by atoms with van der Waals surface area (Å²) in [5.41, 5.74) is -0.769. The van der Waals surface area contributed by atoms with E-state index in [-0.39, 0.29) is 12.0 Å². The number of nitriles is 1. The molecule has 3 rings (SSSR count). The van der Waals surface area contributed by atoms with Crippen LogP contribution in [0.1, 0.15) is 45.4 Å². The minimum atomic E-state index is -0.769. The molecule has 0 bridgehead atoms. The first kappa shape index (κ1) is 17.6. The van der Waals surface area contributed by atoms with E-state index >= 15 is 0 Å². The number of amides is 1. The van der Waals surface area contributed by atoms with Gasteiger partial charge in [-0.1, -0.05) is 25.0 Å². The van der Waals surface area contributed by atoms with Gasteiger partial charge in [-0.25, -0.2) is 0 Å². The van der Waals surface area contributed by atoms with E-state index in [1.807, 2.05) is 36.1 Å². The molecule has 1 aromatic rings. The summed E-state index contributed by atoms with van der Waals surface area (Å²) in [6.45, 7) is 3.87. The van der Waals surface area contributed by atoms with E-state index in [4.69, 9.17) is 9.47 Å². The molecule has 1 heterocycles. The summed E-state index contributed by atoms with van der Waals surface area (Å²) in [4.78, 5) is 14.7. The molecule has 1 aliphatic heterocycles. The van der Waals surface area contributed by atoms with Crippen LogP contribution in [-0.4, -0.2) is 36.6 Å². The van der Waals surface area contributed by atoms with Crippen molar-refractivity contribution in [2.75, 3.05) is 19.7 Å². The Kier molecular flexibility index (Phi) is 5.47. The van der Waals surface area contributed by atoms with Gasteiger partial charge in [0.25, 0.3) is 0 Å². The molecule has 0 atom stereocenters. The Labute approximate surface area is 149 Å². The fourth-order valence-corrected chi connectivity index (χ4v) is 3.83. The number of piperidine rings is 1. The lowest BCUT2D eigenvalue weighted by molar-refractivity contribution is -0.140. The predicted octanol–water partition coefficient (Wildman–Crippen LogP) is 3.54. The van der Waals surface area contributed by atoms with Gasteiger partial charge in [-0.15, -0.1) is 0 Å². The zero-order valence-corrected chi connectivity index (χ0v) is 14.9. The quantitative estimate of drug-likeness (QED) is 0.821. The van der Waals surface area contributed by atoms with Crippen LogP contribution in [0, 0.1) is 16.7 Å². The van der Waals surface area contributed by atoms with E-state index in [9.17, 15) is 10.1 Å². The minimum Gasteiger partial charge on any atom is -0.490 e. The van der Waals surface area contributed by atoms with Crippen LogP contribution in [-0.2, 0) is 4.79 Å². The molecule has 0 radical (unpaired) electrons. The number of carbonyl (C=O) groups is 1. The number of nitrogens with zero attached hydrogens (tertiary/aromatic N) is 2.